The van der Waals surface area contributed by atoms with Crippen molar-refractivity contribution in [2.45, 2.75) is 50.5 Å². The molecule has 2 fully saturated rings. The van der Waals surface area contributed by atoms with E-state index in [4.69, 9.17) is 0 Å². The third-order valence-electron chi connectivity index (χ3n) is 3.36. The Morgan fingerprint density at radius 3 is 2.10 bits per heavy atom. The number of hydrogen-bond acceptors (Lipinski definition) is 0. The van der Waals surface area contributed by atoms with Gasteiger partial charge in [0.25, 0.3) is 0 Å². The molecule has 10 heavy (non-hydrogen) atoms. The summed E-state index contributed by atoms with van der Waals surface area (Å²) in [6.45, 7) is 0. The zero-order valence-corrected chi connectivity index (χ0v) is 6.73. The van der Waals surface area contributed by atoms with Gasteiger partial charge in [-0.15, -0.1) is 0 Å². The van der Waals surface area contributed by atoms with E-state index in [9.17, 15) is 0 Å². The molecule has 1 nitrogen and oxygen atoms in total. The van der Waals surface area contributed by atoms with Gasteiger partial charge in [-0.05, 0) is 12.8 Å². The highest BCUT2D eigenvalue weighted by Crippen LogP contribution is 2.44. The van der Waals surface area contributed by atoms with E-state index in [2.05, 4.69) is 5.73 Å². The molecule has 0 saturated heterocycles. The molecule has 0 bridgehead atoms. The van der Waals surface area contributed by atoms with Crippen LogP contribution in [-0.2, 0) is 0 Å². The molecule has 0 atom stereocenters. The molecule has 3 N–H and O–H groups in total. The van der Waals surface area contributed by atoms with Crippen LogP contribution in [-0.4, -0.2) is 5.54 Å². The first-order valence-corrected chi connectivity index (χ1v) is 4.67. The first kappa shape index (κ1) is 6.66. The Hall–Kier alpha value is -0.0400. The van der Waals surface area contributed by atoms with Gasteiger partial charge in [0.15, 0.2) is 0 Å². The van der Waals surface area contributed by atoms with Crippen molar-refractivity contribution < 1.29 is 5.73 Å². The minimum absolute atomic E-state index is 0.570. The second-order valence-electron chi connectivity index (χ2n) is 4.20. The molecule has 0 spiro atoms. The van der Waals surface area contributed by atoms with Gasteiger partial charge in [-0.25, -0.2) is 0 Å². The second-order valence-corrected chi connectivity index (χ2v) is 4.20. The quantitative estimate of drug-likeness (QED) is 0.569. The molecule has 0 heterocycles. The van der Waals surface area contributed by atoms with Crippen LogP contribution in [0.4, 0.5) is 0 Å². The van der Waals surface area contributed by atoms with Crippen molar-refractivity contribution in [1.82, 2.24) is 0 Å². The van der Waals surface area contributed by atoms with Crippen LogP contribution < -0.4 is 5.73 Å². The summed E-state index contributed by atoms with van der Waals surface area (Å²) >= 11 is 0. The summed E-state index contributed by atoms with van der Waals surface area (Å²) in [5.74, 6) is 1.00. The van der Waals surface area contributed by atoms with Crippen LogP contribution in [0.3, 0.4) is 0 Å². The molecule has 2 aliphatic carbocycles. The van der Waals surface area contributed by atoms with Crippen molar-refractivity contribution >= 4 is 0 Å². The fourth-order valence-corrected chi connectivity index (χ4v) is 2.28. The molecule has 0 unspecified atom stereocenters. The van der Waals surface area contributed by atoms with E-state index in [-0.39, 0.29) is 0 Å². The van der Waals surface area contributed by atoms with Crippen LogP contribution in [0.1, 0.15) is 44.9 Å². The normalized spacial score (nSPS) is 32.1. The van der Waals surface area contributed by atoms with Crippen molar-refractivity contribution in [2.24, 2.45) is 5.92 Å². The van der Waals surface area contributed by atoms with Crippen molar-refractivity contribution in [3.63, 3.8) is 0 Å². The lowest BCUT2D eigenvalue weighted by Gasteiger charge is -2.24. The van der Waals surface area contributed by atoms with E-state index in [1.165, 1.54) is 44.9 Å². The fraction of sp³-hybridized carbons (Fsp3) is 1.00. The van der Waals surface area contributed by atoms with Gasteiger partial charge in [0, 0.05) is 18.8 Å². The Kier molecular flexibility index (Phi) is 1.48. The highest BCUT2D eigenvalue weighted by atomic mass is 14.8. The second kappa shape index (κ2) is 2.23. The molecule has 2 rings (SSSR count). The average molecular weight is 140 g/mol. The zero-order valence-electron chi connectivity index (χ0n) is 6.73. The van der Waals surface area contributed by atoms with Crippen LogP contribution in [0.15, 0.2) is 0 Å². The van der Waals surface area contributed by atoms with Gasteiger partial charge in [0.1, 0.15) is 0 Å². The molecule has 0 aliphatic heterocycles. The first-order valence-electron chi connectivity index (χ1n) is 4.67. The lowest BCUT2D eigenvalue weighted by Crippen LogP contribution is -2.67. The smallest absolute Gasteiger partial charge is 0.0979 e. The van der Waals surface area contributed by atoms with Gasteiger partial charge < -0.3 is 5.73 Å². The first-order chi connectivity index (χ1) is 4.81. The molecular weight excluding hydrogens is 122 g/mol. The molecule has 2 aliphatic rings. The third-order valence-corrected chi connectivity index (χ3v) is 3.36. The van der Waals surface area contributed by atoms with E-state index in [1.54, 1.807) is 0 Å². The van der Waals surface area contributed by atoms with Gasteiger partial charge in [-0.3, -0.25) is 0 Å². The van der Waals surface area contributed by atoms with Gasteiger partial charge in [-0.1, -0.05) is 19.3 Å². The molecular formula is C9H18N+. The predicted octanol–water partition coefficient (Wildman–Crippen LogP) is 1.34. The molecule has 0 aromatic carbocycles. The fourth-order valence-electron chi connectivity index (χ4n) is 2.28. The number of hydrogen-bond donors (Lipinski definition) is 1. The summed E-state index contributed by atoms with van der Waals surface area (Å²) in [5.41, 5.74) is 4.88. The largest absolute Gasteiger partial charge is 0.352 e. The third kappa shape index (κ3) is 1.07. The molecule has 58 valence electrons. The van der Waals surface area contributed by atoms with Crippen molar-refractivity contribution in [3.05, 3.63) is 0 Å². The van der Waals surface area contributed by atoms with Gasteiger partial charge in [0.05, 0.1) is 5.54 Å². The summed E-state index contributed by atoms with van der Waals surface area (Å²) in [6, 6.07) is 0. The molecule has 0 aromatic heterocycles. The Morgan fingerprint density at radius 1 is 1.00 bits per heavy atom. The lowest BCUT2D eigenvalue weighted by molar-refractivity contribution is -0.453. The molecule has 1 heteroatoms. The van der Waals surface area contributed by atoms with Gasteiger partial charge in [0.2, 0.25) is 0 Å². The van der Waals surface area contributed by atoms with Crippen molar-refractivity contribution in [3.8, 4) is 0 Å². The molecule has 0 aromatic rings. The van der Waals surface area contributed by atoms with Gasteiger partial charge >= 0.3 is 0 Å². The van der Waals surface area contributed by atoms with E-state index in [0.717, 1.165) is 5.92 Å². The van der Waals surface area contributed by atoms with E-state index >= 15 is 0 Å². The molecule has 0 radical (unpaired) electrons. The number of rotatable bonds is 1. The molecule has 2 saturated carbocycles. The predicted molar refractivity (Wildman–Crippen MR) is 41.4 cm³/mol. The Morgan fingerprint density at radius 2 is 1.60 bits per heavy atom. The van der Waals surface area contributed by atoms with Crippen LogP contribution in [0.5, 0.6) is 0 Å². The summed E-state index contributed by atoms with van der Waals surface area (Å²) in [4.78, 5) is 0. The minimum atomic E-state index is 0.570. The van der Waals surface area contributed by atoms with Crippen LogP contribution >= 0.6 is 0 Å². The van der Waals surface area contributed by atoms with Gasteiger partial charge in [-0.2, -0.15) is 0 Å². The Balaban J connectivity index is 1.91. The maximum atomic E-state index is 4.31. The summed E-state index contributed by atoms with van der Waals surface area (Å²) < 4.78 is 0. The lowest BCUT2D eigenvalue weighted by atomic mass is 9.83. The maximum absolute atomic E-state index is 4.31. The Bertz CT molecular complexity index is 121. The highest BCUT2D eigenvalue weighted by molar-refractivity contribution is 4.98. The topological polar surface area (TPSA) is 27.6 Å². The van der Waals surface area contributed by atoms with Crippen LogP contribution in [0, 0.1) is 5.92 Å². The Labute approximate surface area is 63.0 Å². The van der Waals surface area contributed by atoms with E-state index in [1.807, 2.05) is 0 Å². The van der Waals surface area contributed by atoms with Crippen molar-refractivity contribution in [2.75, 3.05) is 0 Å². The van der Waals surface area contributed by atoms with Crippen LogP contribution in [0.25, 0.3) is 0 Å². The standard InChI is InChI=1S/C9H17N/c10-9(6-7-9)8-4-2-1-3-5-8/h8H,1-7,10H2/p+1. The van der Waals surface area contributed by atoms with Crippen LogP contribution in [0.2, 0.25) is 0 Å². The van der Waals surface area contributed by atoms with E-state index < -0.39 is 0 Å². The molecule has 0 amide bonds. The summed E-state index contributed by atoms with van der Waals surface area (Å²) in [6.07, 6.45) is 10.2. The average Bonchev–Trinajstić information content (AvgIpc) is 2.72. The highest BCUT2D eigenvalue weighted by Gasteiger charge is 2.49. The van der Waals surface area contributed by atoms with Crippen molar-refractivity contribution in [1.29, 1.82) is 0 Å². The maximum Gasteiger partial charge on any atom is 0.0979 e. The summed E-state index contributed by atoms with van der Waals surface area (Å²) in [5, 5.41) is 0. The SMILES string of the molecule is [NH3+]C1(C2CCCCC2)CC1. The summed E-state index contributed by atoms with van der Waals surface area (Å²) in [7, 11) is 0. The monoisotopic (exact) mass is 140 g/mol. The minimum Gasteiger partial charge on any atom is -0.352 e. The number of quaternary nitrogens is 1. The van der Waals surface area contributed by atoms with E-state index in [0.29, 0.717) is 5.54 Å². The zero-order chi connectivity index (χ0) is 7.03.